The highest BCUT2D eigenvalue weighted by Gasteiger charge is 2.33. The number of nitrogens with zero attached hydrogens (tertiary/aromatic N) is 3. The van der Waals surface area contributed by atoms with Crippen molar-refractivity contribution in [1.29, 1.82) is 5.26 Å². The van der Waals surface area contributed by atoms with Crippen molar-refractivity contribution in [3.63, 3.8) is 0 Å². The molecule has 1 fully saturated rings. The summed E-state index contributed by atoms with van der Waals surface area (Å²) in [5, 5.41) is 12.5. The van der Waals surface area contributed by atoms with Crippen molar-refractivity contribution in [1.82, 2.24) is 9.46 Å². The molecule has 0 bridgehead atoms. The Labute approximate surface area is 106 Å². The number of hydrogen-bond donors (Lipinski definition) is 0. The monoisotopic (exact) mass is 269 g/mol. The summed E-state index contributed by atoms with van der Waals surface area (Å²) in [5.41, 5.74) is 0.384. The van der Waals surface area contributed by atoms with Crippen LogP contribution in [0.1, 0.15) is 24.3 Å². The van der Waals surface area contributed by atoms with Crippen LogP contribution in [0.15, 0.2) is 9.42 Å². The summed E-state index contributed by atoms with van der Waals surface area (Å²) < 4.78 is 31.2. The van der Waals surface area contributed by atoms with Crippen LogP contribution in [0, 0.1) is 31.1 Å². The molecule has 1 aromatic rings. The smallest absolute Gasteiger partial charge is 0.248 e. The fraction of sp³-hybridized carbons (Fsp3) is 0.636. The predicted octanol–water partition coefficient (Wildman–Crippen LogP) is 1.22. The first-order valence-electron chi connectivity index (χ1n) is 5.79. The third kappa shape index (κ3) is 2.13. The summed E-state index contributed by atoms with van der Waals surface area (Å²) in [4.78, 5) is 0.165. The zero-order valence-electron chi connectivity index (χ0n) is 10.4. The van der Waals surface area contributed by atoms with Gasteiger partial charge in [0, 0.05) is 19.0 Å². The molecule has 1 saturated heterocycles. The Kier molecular flexibility index (Phi) is 3.41. The molecule has 0 amide bonds. The summed E-state index contributed by atoms with van der Waals surface area (Å²) in [6.07, 6.45) is 1.16. The van der Waals surface area contributed by atoms with E-state index in [1.807, 2.05) is 0 Å². The molecule has 0 aliphatic carbocycles. The van der Waals surface area contributed by atoms with Gasteiger partial charge in [-0.15, -0.1) is 0 Å². The molecule has 98 valence electrons. The Morgan fingerprint density at radius 2 is 2.00 bits per heavy atom. The summed E-state index contributed by atoms with van der Waals surface area (Å²) >= 11 is 0. The number of sulfonamides is 1. The maximum Gasteiger partial charge on any atom is 0.248 e. The fourth-order valence-electron chi connectivity index (χ4n) is 2.20. The van der Waals surface area contributed by atoms with E-state index in [0.717, 1.165) is 0 Å². The van der Waals surface area contributed by atoms with E-state index < -0.39 is 10.0 Å². The van der Waals surface area contributed by atoms with Crippen LogP contribution in [-0.4, -0.2) is 31.0 Å². The molecule has 7 heteroatoms. The van der Waals surface area contributed by atoms with Gasteiger partial charge in [0.15, 0.2) is 5.76 Å². The first-order valence-corrected chi connectivity index (χ1v) is 7.23. The maximum absolute atomic E-state index is 12.4. The van der Waals surface area contributed by atoms with Crippen molar-refractivity contribution < 1.29 is 12.9 Å². The van der Waals surface area contributed by atoms with Crippen LogP contribution in [0.3, 0.4) is 0 Å². The summed E-state index contributed by atoms with van der Waals surface area (Å²) in [6, 6.07) is 2.18. The van der Waals surface area contributed by atoms with Crippen LogP contribution in [0.4, 0.5) is 0 Å². The van der Waals surface area contributed by atoms with Crippen molar-refractivity contribution >= 4 is 10.0 Å². The molecule has 0 unspecified atom stereocenters. The van der Waals surface area contributed by atoms with E-state index in [0.29, 0.717) is 37.4 Å². The van der Waals surface area contributed by atoms with E-state index in [9.17, 15) is 8.42 Å². The topological polar surface area (TPSA) is 87.2 Å². The highest BCUT2D eigenvalue weighted by Crippen LogP contribution is 2.27. The quantitative estimate of drug-likeness (QED) is 0.805. The van der Waals surface area contributed by atoms with Crippen molar-refractivity contribution in [2.24, 2.45) is 5.92 Å². The average molecular weight is 269 g/mol. The van der Waals surface area contributed by atoms with Gasteiger partial charge in [-0.05, 0) is 26.7 Å². The standard InChI is InChI=1S/C11H15N3O3S/c1-8-11(9(2)17-13-8)18(15,16)14-5-3-10(7-12)4-6-14/h10H,3-6H2,1-2H3. The zero-order valence-corrected chi connectivity index (χ0v) is 11.2. The largest absolute Gasteiger partial charge is 0.360 e. The molecule has 0 atom stereocenters. The summed E-state index contributed by atoms with van der Waals surface area (Å²) in [6.45, 7) is 3.97. The van der Waals surface area contributed by atoms with E-state index in [1.54, 1.807) is 13.8 Å². The highest BCUT2D eigenvalue weighted by molar-refractivity contribution is 7.89. The van der Waals surface area contributed by atoms with Crippen LogP contribution in [0.5, 0.6) is 0 Å². The third-order valence-corrected chi connectivity index (χ3v) is 5.35. The fourth-order valence-corrected chi connectivity index (χ4v) is 3.96. The van der Waals surface area contributed by atoms with Gasteiger partial charge in [-0.25, -0.2) is 8.42 Å². The molecule has 1 aromatic heterocycles. The Bertz CT molecular complexity index is 558. The molecule has 0 spiro atoms. The molecule has 6 nitrogen and oxygen atoms in total. The molecule has 1 aliphatic heterocycles. The molecule has 0 radical (unpaired) electrons. The zero-order chi connectivity index (χ0) is 13.3. The second-order valence-electron chi connectivity index (χ2n) is 4.46. The molecule has 18 heavy (non-hydrogen) atoms. The second kappa shape index (κ2) is 4.71. The van der Waals surface area contributed by atoms with Crippen LogP contribution >= 0.6 is 0 Å². The molecule has 0 N–H and O–H groups in total. The molecule has 1 aliphatic rings. The van der Waals surface area contributed by atoms with Gasteiger partial charge in [-0.2, -0.15) is 9.57 Å². The predicted molar refractivity (Wildman–Crippen MR) is 63.1 cm³/mol. The van der Waals surface area contributed by atoms with Crippen LogP contribution < -0.4 is 0 Å². The van der Waals surface area contributed by atoms with E-state index in [1.165, 1.54) is 4.31 Å². The van der Waals surface area contributed by atoms with Crippen molar-refractivity contribution in [3.8, 4) is 6.07 Å². The first kappa shape index (κ1) is 13.1. The van der Waals surface area contributed by atoms with Gasteiger partial charge in [-0.3, -0.25) is 0 Å². The number of piperidine rings is 1. The molecular formula is C11H15N3O3S. The highest BCUT2D eigenvalue weighted by atomic mass is 32.2. The summed E-state index contributed by atoms with van der Waals surface area (Å²) in [7, 11) is -3.54. The van der Waals surface area contributed by atoms with Gasteiger partial charge >= 0.3 is 0 Å². The number of rotatable bonds is 2. The first-order chi connectivity index (χ1) is 8.46. The SMILES string of the molecule is Cc1noc(C)c1S(=O)(=O)N1CCC(C#N)CC1. The maximum atomic E-state index is 12.4. The van der Waals surface area contributed by atoms with Gasteiger partial charge in [0.1, 0.15) is 10.6 Å². The lowest BCUT2D eigenvalue weighted by Crippen LogP contribution is -2.38. The van der Waals surface area contributed by atoms with Crippen molar-refractivity contribution in [3.05, 3.63) is 11.5 Å². The Hall–Kier alpha value is -1.39. The molecule has 2 rings (SSSR count). The van der Waals surface area contributed by atoms with Crippen molar-refractivity contribution in [2.75, 3.05) is 13.1 Å². The minimum Gasteiger partial charge on any atom is -0.360 e. The minimum atomic E-state index is -3.54. The van der Waals surface area contributed by atoms with Crippen LogP contribution in [0.2, 0.25) is 0 Å². The number of aryl methyl sites for hydroxylation is 2. The summed E-state index contributed by atoms with van der Waals surface area (Å²) in [5.74, 6) is 0.274. The molecular weight excluding hydrogens is 254 g/mol. The Balaban J connectivity index is 2.26. The lowest BCUT2D eigenvalue weighted by atomic mass is 10.0. The Morgan fingerprint density at radius 3 is 2.44 bits per heavy atom. The lowest BCUT2D eigenvalue weighted by Gasteiger charge is -2.28. The van der Waals surface area contributed by atoms with Gasteiger partial charge in [0.05, 0.1) is 6.07 Å². The number of nitriles is 1. The van der Waals surface area contributed by atoms with E-state index >= 15 is 0 Å². The van der Waals surface area contributed by atoms with Gasteiger partial charge < -0.3 is 4.52 Å². The lowest BCUT2D eigenvalue weighted by molar-refractivity contribution is 0.309. The average Bonchev–Trinajstić information content (AvgIpc) is 2.69. The van der Waals surface area contributed by atoms with Crippen LogP contribution in [-0.2, 0) is 10.0 Å². The van der Waals surface area contributed by atoms with E-state index in [4.69, 9.17) is 9.78 Å². The second-order valence-corrected chi connectivity index (χ2v) is 6.34. The minimum absolute atomic E-state index is 0.0406. The van der Waals surface area contributed by atoms with Crippen LogP contribution in [0.25, 0.3) is 0 Å². The normalized spacial score (nSPS) is 18.7. The molecule has 2 heterocycles. The van der Waals surface area contributed by atoms with E-state index in [2.05, 4.69) is 11.2 Å². The van der Waals surface area contributed by atoms with Gasteiger partial charge in [-0.1, -0.05) is 5.16 Å². The van der Waals surface area contributed by atoms with E-state index in [-0.39, 0.29) is 10.8 Å². The molecule has 0 aromatic carbocycles. The third-order valence-electron chi connectivity index (χ3n) is 3.20. The number of aromatic nitrogens is 1. The Morgan fingerprint density at radius 1 is 1.39 bits per heavy atom. The van der Waals surface area contributed by atoms with Gasteiger partial charge in [0.25, 0.3) is 0 Å². The molecule has 0 saturated carbocycles. The van der Waals surface area contributed by atoms with Crippen molar-refractivity contribution in [2.45, 2.75) is 31.6 Å². The van der Waals surface area contributed by atoms with Gasteiger partial charge in [0.2, 0.25) is 10.0 Å². The number of hydrogen-bond acceptors (Lipinski definition) is 5.